The Morgan fingerprint density at radius 2 is 2.00 bits per heavy atom. The maximum atomic E-state index is 11.9. The van der Waals surface area contributed by atoms with Crippen molar-refractivity contribution in [2.45, 2.75) is 6.18 Å². The summed E-state index contributed by atoms with van der Waals surface area (Å²) in [4.78, 5) is 16.3. The van der Waals surface area contributed by atoms with Gasteiger partial charge in [0.15, 0.2) is 6.29 Å². The van der Waals surface area contributed by atoms with Crippen LogP contribution in [0.25, 0.3) is 0 Å². The fourth-order valence-electron chi connectivity index (χ4n) is 0.592. The van der Waals surface area contributed by atoms with Crippen molar-refractivity contribution in [1.29, 1.82) is 0 Å². The average Bonchev–Trinajstić information content (AvgIpc) is 2.03. The van der Waals surface area contributed by atoms with Crippen LogP contribution in [-0.2, 0) is 6.18 Å². The molecule has 0 unspecified atom stereocenters. The highest BCUT2D eigenvalue weighted by Crippen LogP contribution is 2.26. The SMILES string of the molecule is O=Cc1cc(C(F)(F)F)ncn1. The zero-order valence-electron chi connectivity index (χ0n) is 5.67. The molecule has 0 aliphatic heterocycles. The number of rotatable bonds is 1. The van der Waals surface area contributed by atoms with Crippen LogP contribution in [0, 0.1) is 0 Å². The van der Waals surface area contributed by atoms with Crippen molar-refractivity contribution in [3.05, 3.63) is 23.8 Å². The summed E-state index contributed by atoms with van der Waals surface area (Å²) in [5, 5.41) is 0. The van der Waals surface area contributed by atoms with E-state index < -0.39 is 11.9 Å². The molecule has 1 aromatic rings. The van der Waals surface area contributed by atoms with Gasteiger partial charge in [0.1, 0.15) is 17.7 Å². The number of carbonyl (C=O) groups excluding carboxylic acids is 1. The first-order valence-electron chi connectivity index (χ1n) is 2.88. The highest BCUT2D eigenvalue weighted by Gasteiger charge is 2.32. The molecule has 1 heterocycles. The van der Waals surface area contributed by atoms with Crippen molar-refractivity contribution < 1.29 is 18.0 Å². The van der Waals surface area contributed by atoms with Gasteiger partial charge >= 0.3 is 6.18 Å². The number of aldehydes is 1. The minimum absolute atomic E-state index is 0.233. The fraction of sp³-hybridized carbons (Fsp3) is 0.167. The summed E-state index contributed by atoms with van der Waals surface area (Å²) < 4.78 is 35.7. The second kappa shape index (κ2) is 2.88. The normalized spacial score (nSPS) is 11.2. The summed E-state index contributed by atoms with van der Waals surface area (Å²) in [6, 6.07) is 0.590. The topological polar surface area (TPSA) is 42.9 Å². The van der Waals surface area contributed by atoms with Gasteiger partial charge in [0.25, 0.3) is 0 Å². The molecule has 12 heavy (non-hydrogen) atoms. The van der Waals surface area contributed by atoms with E-state index in [1.165, 1.54) is 0 Å². The molecule has 1 rings (SSSR count). The lowest BCUT2D eigenvalue weighted by atomic mass is 10.3. The lowest BCUT2D eigenvalue weighted by Gasteiger charge is -2.03. The molecule has 0 atom stereocenters. The van der Waals surface area contributed by atoms with Gasteiger partial charge in [0.2, 0.25) is 0 Å². The quantitative estimate of drug-likeness (QED) is 0.606. The summed E-state index contributed by atoms with van der Waals surface area (Å²) in [6.45, 7) is 0. The number of halogens is 3. The van der Waals surface area contributed by atoms with E-state index in [0.717, 1.165) is 0 Å². The van der Waals surface area contributed by atoms with E-state index in [-0.39, 0.29) is 12.0 Å². The number of aromatic nitrogens is 2. The summed E-state index contributed by atoms with van der Waals surface area (Å²) >= 11 is 0. The lowest BCUT2D eigenvalue weighted by molar-refractivity contribution is -0.141. The molecular formula is C6H3F3N2O. The van der Waals surface area contributed by atoms with Gasteiger partial charge < -0.3 is 0 Å². The predicted molar refractivity (Wildman–Crippen MR) is 32.4 cm³/mol. The smallest absolute Gasteiger partial charge is 0.296 e. The Morgan fingerprint density at radius 3 is 2.50 bits per heavy atom. The number of nitrogens with zero attached hydrogens (tertiary/aromatic N) is 2. The largest absolute Gasteiger partial charge is 0.433 e. The van der Waals surface area contributed by atoms with Crippen molar-refractivity contribution >= 4 is 6.29 Å². The van der Waals surface area contributed by atoms with Crippen LogP contribution in [0.2, 0.25) is 0 Å². The van der Waals surface area contributed by atoms with E-state index in [1.54, 1.807) is 0 Å². The summed E-state index contributed by atoms with van der Waals surface area (Å²) in [5.74, 6) is 0. The third-order valence-corrected chi connectivity index (χ3v) is 1.10. The van der Waals surface area contributed by atoms with Crippen LogP contribution in [0.15, 0.2) is 12.4 Å². The Balaban J connectivity index is 3.10. The Bertz CT molecular complexity index is 297. The van der Waals surface area contributed by atoms with Crippen LogP contribution in [-0.4, -0.2) is 16.3 Å². The average molecular weight is 176 g/mol. The molecule has 0 fully saturated rings. The van der Waals surface area contributed by atoms with E-state index >= 15 is 0 Å². The maximum absolute atomic E-state index is 11.9. The summed E-state index contributed by atoms with van der Waals surface area (Å²) in [5.41, 5.74) is -1.39. The molecule has 0 bridgehead atoms. The molecule has 6 heteroatoms. The molecule has 0 radical (unpaired) electrons. The van der Waals surface area contributed by atoms with Crippen molar-refractivity contribution in [3.63, 3.8) is 0 Å². The summed E-state index contributed by atoms with van der Waals surface area (Å²) in [6.07, 6.45) is -3.59. The van der Waals surface area contributed by atoms with Gasteiger partial charge in [-0.2, -0.15) is 13.2 Å². The van der Waals surface area contributed by atoms with Gasteiger partial charge in [-0.1, -0.05) is 0 Å². The molecule has 1 aromatic heterocycles. The van der Waals surface area contributed by atoms with Crippen LogP contribution < -0.4 is 0 Å². The molecule has 0 saturated heterocycles. The molecule has 0 aliphatic rings. The molecular weight excluding hydrogens is 173 g/mol. The molecule has 0 saturated carbocycles. The fourth-order valence-corrected chi connectivity index (χ4v) is 0.592. The zero-order valence-corrected chi connectivity index (χ0v) is 5.67. The van der Waals surface area contributed by atoms with Crippen LogP contribution in [0.3, 0.4) is 0 Å². The van der Waals surface area contributed by atoms with E-state index in [2.05, 4.69) is 9.97 Å². The first-order valence-corrected chi connectivity index (χ1v) is 2.88. The first kappa shape index (κ1) is 8.63. The summed E-state index contributed by atoms with van der Waals surface area (Å²) in [7, 11) is 0. The van der Waals surface area contributed by atoms with Crippen molar-refractivity contribution in [2.24, 2.45) is 0 Å². The number of carbonyl (C=O) groups is 1. The van der Waals surface area contributed by atoms with Crippen molar-refractivity contribution in [3.8, 4) is 0 Å². The van der Waals surface area contributed by atoms with Crippen LogP contribution in [0.4, 0.5) is 13.2 Å². The van der Waals surface area contributed by atoms with Gasteiger partial charge in [-0.05, 0) is 6.07 Å². The van der Waals surface area contributed by atoms with Crippen LogP contribution >= 0.6 is 0 Å². The zero-order chi connectivity index (χ0) is 9.19. The van der Waals surface area contributed by atoms with Gasteiger partial charge in [-0.15, -0.1) is 0 Å². The van der Waals surface area contributed by atoms with Crippen molar-refractivity contribution in [1.82, 2.24) is 9.97 Å². The van der Waals surface area contributed by atoms with E-state index in [1.807, 2.05) is 0 Å². The minimum Gasteiger partial charge on any atom is -0.296 e. The third kappa shape index (κ3) is 1.77. The predicted octanol–water partition coefficient (Wildman–Crippen LogP) is 1.31. The van der Waals surface area contributed by atoms with Gasteiger partial charge in [0, 0.05) is 0 Å². The standard InChI is InChI=1S/C6H3F3N2O/c7-6(8,9)5-1-4(2-12)10-3-11-5/h1-3H. The molecule has 0 amide bonds. The van der Waals surface area contributed by atoms with E-state index in [4.69, 9.17) is 0 Å². The highest BCUT2D eigenvalue weighted by molar-refractivity contribution is 5.71. The number of hydrogen-bond donors (Lipinski definition) is 0. The Hall–Kier alpha value is -1.46. The Morgan fingerprint density at radius 1 is 1.33 bits per heavy atom. The molecule has 0 aliphatic carbocycles. The molecule has 0 aromatic carbocycles. The third-order valence-electron chi connectivity index (χ3n) is 1.10. The van der Waals surface area contributed by atoms with E-state index in [9.17, 15) is 18.0 Å². The molecule has 64 valence electrons. The van der Waals surface area contributed by atoms with Gasteiger partial charge in [-0.3, -0.25) is 4.79 Å². The lowest BCUT2D eigenvalue weighted by Crippen LogP contribution is -2.08. The first-order chi connectivity index (χ1) is 5.54. The Kier molecular flexibility index (Phi) is 2.07. The van der Waals surface area contributed by atoms with Crippen molar-refractivity contribution in [2.75, 3.05) is 0 Å². The van der Waals surface area contributed by atoms with Crippen LogP contribution in [0.1, 0.15) is 16.2 Å². The van der Waals surface area contributed by atoms with Gasteiger partial charge in [-0.25, -0.2) is 9.97 Å². The van der Waals surface area contributed by atoms with Crippen LogP contribution in [0.5, 0.6) is 0 Å². The number of alkyl halides is 3. The second-order valence-electron chi connectivity index (χ2n) is 1.94. The monoisotopic (exact) mass is 176 g/mol. The Labute approximate surface area is 65.3 Å². The second-order valence-corrected chi connectivity index (χ2v) is 1.94. The van der Waals surface area contributed by atoms with E-state index in [0.29, 0.717) is 12.4 Å². The highest BCUT2D eigenvalue weighted by atomic mass is 19.4. The number of hydrogen-bond acceptors (Lipinski definition) is 3. The maximum Gasteiger partial charge on any atom is 0.433 e. The molecule has 3 nitrogen and oxygen atoms in total. The van der Waals surface area contributed by atoms with Gasteiger partial charge in [0.05, 0.1) is 0 Å². The minimum atomic E-state index is -4.53. The molecule has 0 N–H and O–H groups in total. The molecule has 0 spiro atoms.